The van der Waals surface area contributed by atoms with Crippen LogP contribution in [-0.4, -0.2) is 20.2 Å². The number of ether oxygens (including phenoxy) is 1. The quantitative estimate of drug-likeness (QED) is 0.755. The molecule has 1 aliphatic rings. The summed E-state index contributed by atoms with van der Waals surface area (Å²) in [6.45, 7) is 6.74. The highest BCUT2D eigenvalue weighted by Crippen LogP contribution is 2.49. The van der Waals surface area contributed by atoms with Gasteiger partial charge in [-0.15, -0.1) is 0 Å². The Morgan fingerprint density at radius 2 is 2.11 bits per heavy atom. The van der Waals surface area contributed by atoms with Crippen molar-refractivity contribution in [2.45, 2.75) is 44.9 Å². The summed E-state index contributed by atoms with van der Waals surface area (Å²) in [7, 11) is 1.75. The summed E-state index contributed by atoms with van der Waals surface area (Å²) >= 11 is 0. The van der Waals surface area contributed by atoms with Crippen molar-refractivity contribution in [3.05, 3.63) is 29.8 Å². The smallest absolute Gasteiger partial charge is 0.119 e. The number of nitrogens with one attached hydrogen (secondary N) is 1. The van der Waals surface area contributed by atoms with E-state index in [-0.39, 0.29) is 0 Å². The second kappa shape index (κ2) is 6.42. The van der Waals surface area contributed by atoms with Crippen LogP contribution in [0.5, 0.6) is 5.75 Å². The standard InChI is InChI=1S/C17H27NO/c1-4-9-18-13-17(11-14(5-2)12-17)15-7-6-8-16(10-15)19-3/h6-8,10,14,18H,4-5,9,11-13H2,1-3H3. The van der Waals surface area contributed by atoms with E-state index >= 15 is 0 Å². The lowest BCUT2D eigenvalue weighted by atomic mass is 9.58. The lowest BCUT2D eigenvalue weighted by molar-refractivity contribution is 0.134. The predicted octanol–water partition coefficient (Wildman–Crippen LogP) is 3.75. The Morgan fingerprint density at radius 1 is 1.32 bits per heavy atom. The topological polar surface area (TPSA) is 21.3 Å². The summed E-state index contributed by atoms with van der Waals surface area (Å²) in [4.78, 5) is 0. The van der Waals surface area contributed by atoms with Crippen molar-refractivity contribution in [3.8, 4) is 5.75 Å². The average Bonchev–Trinajstić information content (AvgIpc) is 2.41. The molecule has 0 saturated heterocycles. The molecule has 2 nitrogen and oxygen atoms in total. The zero-order valence-corrected chi connectivity index (χ0v) is 12.5. The minimum atomic E-state index is 0.338. The van der Waals surface area contributed by atoms with Crippen LogP contribution in [0.15, 0.2) is 24.3 Å². The van der Waals surface area contributed by atoms with E-state index in [0.29, 0.717) is 5.41 Å². The zero-order chi connectivity index (χ0) is 13.7. The Bertz CT molecular complexity index is 396. The third-order valence-electron chi connectivity index (χ3n) is 4.51. The van der Waals surface area contributed by atoms with Gasteiger partial charge in [-0.3, -0.25) is 0 Å². The molecule has 0 heterocycles. The van der Waals surface area contributed by atoms with Gasteiger partial charge in [0.05, 0.1) is 7.11 Å². The van der Waals surface area contributed by atoms with Gasteiger partial charge in [0.2, 0.25) is 0 Å². The third-order valence-corrected chi connectivity index (χ3v) is 4.51. The Morgan fingerprint density at radius 3 is 2.74 bits per heavy atom. The minimum Gasteiger partial charge on any atom is -0.497 e. The van der Waals surface area contributed by atoms with Gasteiger partial charge in [-0.2, -0.15) is 0 Å². The van der Waals surface area contributed by atoms with Gasteiger partial charge in [-0.1, -0.05) is 32.4 Å². The fourth-order valence-electron chi connectivity index (χ4n) is 3.27. The van der Waals surface area contributed by atoms with Crippen LogP contribution in [0.2, 0.25) is 0 Å². The molecule has 1 aromatic rings. The molecule has 0 unspecified atom stereocenters. The van der Waals surface area contributed by atoms with Crippen molar-refractivity contribution < 1.29 is 4.74 Å². The van der Waals surface area contributed by atoms with Gasteiger partial charge in [0.1, 0.15) is 5.75 Å². The second-order valence-corrected chi connectivity index (χ2v) is 5.87. The molecule has 1 aromatic carbocycles. The van der Waals surface area contributed by atoms with Crippen molar-refractivity contribution in [1.29, 1.82) is 0 Å². The van der Waals surface area contributed by atoms with Crippen LogP contribution < -0.4 is 10.1 Å². The van der Waals surface area contributed by atoms with Crippen LogP contribution in [0.3, 0.4) is 0 Å². The Hall–Kier alpha value is -1.02. The molecule has 1 saturated carbocycles. The predicted molar refractivity (Wildman–Crippen MR) is 80.8 cm³/mol. The van der Waals surface area contributed by atoms with Gasteiger partial charge in [-0.05, 0) is 49.4 Å². The Kier molecular flexibility index (Phi) is 4.87. The van der Waals surface area contributed by atoms with Crippen molar-refractivity contribution >= 4 is 0 Å². The SMILES string of the molecule is CCCNCC1(c2cccc(OC)c2)CC(CC)C1. The minimum absolute atomic E-state index is 0.338. The summed E-state index contributed by atoms with van der Waals surface area (Å²) in [6, 6.07) is 8.64. The molecule has 1 aliphatic carbocycles. The summed E-state index contributed by atoms with van der Waals surface area (Å²) in [5.74, 6) is 1.88. The first kappa shape index (κ1) is 14.4. The first-order valence-electron chi connectivity index (χ1n) is 7.59. The highest BCUT2D eigenvalue weighted by atomic mass is 16.5. The van der Waals surface area contributed by atoms with Crippen LogP contribution in [0.25, 0.3) is 0 Å². The first-order chi connectivity index (χ1) is 9.24. The monoisotopic (exact) mass is 261 g/mol. The second-order valence-electron chi connectivity index (χ2n) is 5.87. The molecule has 106 valence electrons. The lowest BCUT2D eigenvalue weighted by Gasteiger charge is -2.48. The van der Waals surface area contributed by atoms with E-state index in [1.54, 1.807) is 7.11 Å². The molecule has 0 aliphatic heterocycles. The molecule has 0 radical (unpaired) electrons. The Labute approximate surface area is 117 Å². The summed E-state index contributed by atoms with van der Waals surface area (Å²) in [5, 5.41) is 3.62. The molecular weight excluding hydrogens is 234 g/mol. The lowest BCUT2D eigenvalue weighted by Crippen LogP contribution is -2.48. The fourth-order valence-corrected chi connectivity index (χ4v) is 3.27. The van der Waals surface area contributed by atoms with Crippen molar-refractivity contribution in [3.63, 3.8) is 0 Å². The molecule has 2 heteroatoms. The number of rotatable bonds is 7. The fraction of sp³-hybridized carbons (Fsp3) is 0.647. The van der Waals surface area contributed by atoms with Gasteiger partial charge in [-0.25, -0.2) is 0 Å². The van der Waals surface area contributed by atoms with Crippen LogP contribution >= 0.6 is 0 Å². The van der Waals surface area contributed by atoms with Gasteiger partial charge in [0.25, 0.3) is 0 Å². The molecule has 0 bridgehead atoms. The van der Waals surface area contributed by atoms with E-state index in [0.717, 1.165) is 24.8 Å². The maximum absolute atomic E-state index is 5.38. The van der Waals surface area contributed by atoms with E-state index in [1.807, 2.05) is 6.07 Å². The molecule has 1 fully saturated rings. The maximum atomic E-state index is 5.38. The number of hydrogen-bond donors (Lipinski definition) is 1. The third kappa shape index (κ3) is 3.11. The van der Waals surface area contributed by atoms with Crippen molar-refractivity contribution in [2.24, 2.45) is 5.92 Å². The van der Waals surface area contributed by atoms with E-state index in [4.69, 9.17) is 4.74 Å². The normalized spacial score (nSPS) is 25.9. The molecular formula is C17H27NO. The van der Waals surface area contributed by atoms with E-state index < -0.39 is 0 Å². The van der Waals surface area contributed by atoms with Crippen molar-refractivity contribution in [1.82, 2.24) is 5.32 Å². The Balaban J connectivity index is 2.13. The molecule has 19 heavy (non-hydrogen) atoms. The van der Waals surface area contributed by atoms with Crippen LogP contribution in [0.1, 0.15) is 45.1 Å². The highest BCUT2D eigenvalue weighted by molar-refractivity contribution is 5.36. The highest BCUT2D eigenvalue weighted by Gasteiger charge is 2.44. The molecule has 0 spiro atoms. The molecule has 0 aromatic heterocycles. The zero-order valence-electron chi connectivity index (χ0n) is 12.5. The molecule has 1 N–H and O–H groups in total. The van der Waals surface area contributed by atoms with Crippen LogP contribution in [0.4, 0.5) is 0 Å². The number of methoxy groups -OCH3 is 1. The van der Waals surface area contributed by atoms with Gasteiger partial charge in [0, 0.05) is 12.0 Å². The van der Waals surface area contributed by atoms with Crippen molar-refractivity contribution in [2.75, 3.05) is 20.2 Å². The molecule has 2 rings (SSSR count). The summed E-state index contributed by atoms with van der Waals surface area (Å²) in [5.41, 5.74) is 1.78. The summed E-state index contributed by atoms with van der Waals surface area (Å²) < 4.78 is 5.38. The average molecular weight is 261 g/mol. The first-order valence-corrected chi connectivity index (χ1v) is 7.59. The van der Waals surface area contributed by atoms with Crippen LogP contribution in [-0.2, 0) is 5.41 Å². The molecule has 0 amide bonds. The largest absolute Gasteiger partial charge is 0.497 e. The van der Waals surface area contributed by atoms with Gasteiger partial charge < -0.3 is 10.1 Å². The number of hydrogen-bond acceptors (Lipinski definition) is 2. The summed E-state index contributed by atoms with van der Waals surface area (Å²) in [6.07, 6.45) is 5.13. The van der Waals surface area contributed by atoms with Gasteiger partial charge >= 0.3 is 0 Å². The maximum Gasteiger partial charge on any atom is 0.119 e. The van der Waals surface area contributed by atoms with E-state index in [9.17, 15) is 0 Å². The van der Waals surface area contributed by atoms with Crippen LogP contribution in [0, 0.1) is 5.92 Å². The van der Waals surface area contributed by atoms with Gasteiger partial charge in [0.15, 0.2) is 0 Å². The molecule has 0 atom stereocenters. The van der Waals surface area contributed by atoms with E-state index in [1.165, 1.54) is 31.2 Å². The number of benzene rings is 1. The van der Waals surface area contributed by atoms with E-state index in [2.05, 4.69) is 37.4 Å².